The van der Waals surface area contributed by atoms with Gasteiger partial charge >= 0.3 is 12.1 Å². The van der Waals surface area contributed by atoms with Crippen LogP contribution in [0, 0.1) is 0 Å². The SMILES string of the molecule is CC1CN(OC(=O)C(F)(F)F)CC(C)O1. The highest BCUT2D eigenvalue weighted by Gasteiger charge is 2.43. The van der Waals surface area contributed by atoms with Gasteiger partial charge in [0.1, 0.15) is 0 Å². The van der Waals surface area contributed by atoms with Crippen molar-refractivity contribution in [3.8, 4) is 0 Å². The molecule has 1 rings (SSSR count). The molecule has 0 aliphatic carbocycles. The normalized spacial score (nSPS) is 28.9. The van der Waals surface area contributed by atoms with E-state index in [4.69, 9.17) is 4.74 Å². The average Bonchev–Trinajstić information content (AvgIpc) is 1.99. The Morgan fingerprint density at radius 2 is 1.80 bits per heavy atom. The number of hydrogen-bond donors (Lipinski definition) is 0. The summed E-state index contributed by atoms with van der Waals surface area (Å²) in [7, 11) is 0. The molecule has 1 fully saturated rings. The first kappa shape index (κ1) is 12.3. The molecule has 0 aromatic carbocycles. The number of rotatable bonds is 1. The summed E-state index contributed by atoms with van der Waals surface area (Å²) in [5.74, 6) is -2.19. The van der Waals surface area contributed by atoms with E-state index in [-0.39, 0.29) is 25.3 Å². The van der Waals surface area contributed by atoms with Gasteiger partial charge in [-0.05, 0) is 13.8 Å². The monoisotopic (exact) mass is 227 g/mol. The van der Waals surface area contributed by atoms with Crippen LogP contribution in [0.3, 0.4) is 0 Å². The summed E-state index contributed by atoms with van der Waals surface area (Å²) in [6.07, 6.45) is -5.46. The zero-order chi connectivity index (χ0) is 11.6. The number of morpholine rings is 1. The first-order valence-corrected chi connectivity index (χ1v) is 4.48. The molecule has 0 spiro atoms. The highest BCUT2D eigenvalue weighted by molar-refractivity contribution is 5.75. The summed E-state index contributed by atoms with van der Waals surface area (Å²) in [6, 6.07) is 0. The van der Waals surface area contributed by atoms with Crippen LogP contribution in [-0.2, 0) is 14.4 Å². The van der Waals surface area contributed by atoms with Crippen molar-refractivity contribution in [1.29, 1.82) is 0 Å². The van der Waals surface area contributed by atoms with E-state index >= 15 is 0 Å². The minimum atomic E-state index is -4.95. The van der Waals surface area contributed by atoms with Gasteiger partial charge in [0.15, 0.2) is 0 Å². The summed E-state index contributed by atoms with van der Waals surface area (Å²) < 4.78 is 40.9. The fourth-order valence-corrected chi connectivity index (χ4v) is 1.37. The van der Waals surface area contributed by atoms with Crippen molar-refractivity contribution in [3.05, 3.63) is 0 Å². The van der Waals surface area contributed by atoms with E-state index in [9.17, 15) is 18.0 Å². The Bertz CT molecular complexity index is 234. The van der Waals surface area contributed by atoms with E-state index in [2.05, 4.69) is 4.84 Å². The Labute approximate surface area is 84.9 Å². The van der Waals surface area contributed by atoms with E-state index in [0.717, 1.165) is 5.06 Å². The molecule has 0 aromatic rings. The van der Waals surface area contributed by atoms with Gasteiger partial charge in [-0.3, -0.25) is 0 Å². The third-order valence-electron chi connectivity index (χ3n) is 1.83. The van der Waals surface area contributed by atoms with Gasteiger partial charge in [0, 0.05) is 0 Å². The predicted octanol–water partition coefficient (Wildman–Crippen LogP) is 1.12. The first-order chi connectivity index (χ1) is 6.79. The van der Waals surface area contributed by atoms with Crippen LogP contribution in [0.1, 0.15) is 13.8 Å². The third-order valence-corrected chi connectivity index (χ3v) is 1.83. The highest BCUT2D eigenvalue weighted by Crippen LogP contribution is 2.19. The molecular weight excluding hydrogens is 215 g/mol. The number of carbonyl (C=O) groups excluding carboxylic acids is 1. The lowest BCUT2D eigenvalue weighted by Crippen LogP contribution is -2.47. The average molecular weight is 227 g/mol. The number of carbonyl (C=O) groups is 1. The molecular formula is C8H12F3NO3. The van der Waals surface area contributed by atoms with Crippen LogP contribution in [0.5, 0.6) is 0 Å². The molecule has 1 heterocycles. The molecule has 2 atom stereocenters. The Morgan fingerprint density at radius 3 is 2.20 bits per heavy atom. The molecule has 0 N–H and O–H groups in total. The van der Waals surface area contributed by atoms with Crippen LogP contribution in [0.15, 0.2) is 0 Å². The lowest BCUT2D eigenvalue weighted by Gasteiger charge is -2.33. The molecule has 0 aromatic heterocycles. The van der Waals surface area contributed by atoms with Gasteiger partial charge in [-0.25, -0.2) is 4.79 Å². The van der Waals surface area contributed by atoms with Crippen molar-refractivity contribution in [2.45, 2.75) is 32.2 Å². The second-order valence-corrected chi connectivity index (χ2v) is 3.48. The number of hydroxylamine groups is 2. The maximum Gasteiger partial charge on any atom is 0.492 e. The molecule has 88 valence electrons. The van der Waals surface area contributed by atoms with Crippen molar-refractivity contribution < 1.29 is 27.5 Å². The van der Waals surface area contributed by atoms with Gasteiger partial charge in [0.2, 0.25) is 0 Å². The second-order valence-electron chi connectivity index (χ2n) is 3.48. The molecule has 4 nitrogen and oxygen atoms in total. The molecule has 0 radical (unpaired) electrons. The molecule has 1 aliphatic heterocycles. The quantitative estimate of drug-likeness (QED) is 0.672. The van der Waals surface area contributed by atoms with E-state index in [1.54, 1.807) is 13.8 Å². The standard InChI is InChI=1S/C8H12F3NO3/c1-5-3-12(4-6(2)14-5)15-7(13)8(9,10)11/h5-6H,3-4H2,1-2H3. The number of halogens is 3. The van der Waals surface area contributed by atoms with Crippen LogP contribution in [0.25, 0.3) is 0 Å². The Morgan fingerprint density at radius 1 is 1.33 bits per heavy atom. The second kappa shape index (κ2) is 4.36. The van der Waals surface area contributed by atoms with E-state index < -0.39 is 12.1 Å². The lowest BCUT2D eigenvalue weighted by atomic mass is 10.3. The van der Waals surface area contributed by atoms with Gasteiger partial charge in [-0.15, -0.1) is 5.06 Å². The Balaban J connectivity index is 2.48. The van der Waals surface area contributed by atoms with Crippen LogP contribution < -0.4 is 0 Å². The summed E-state index contributed by atoms with van der Waals surface area (Å²) >= 11 is 0. The molecule has 0 saturated carbocycles. The van der Waals surface area contributed by atoms with Crippen molar-refractivity contribution in [2.24, 2.45) is 0 Å². The molecule has 1 aliphatic rings. The first-order valence-electron chi connectivity index (χ1n) is 4.48. The van der Waals surface area contributed by atoms with Crippen molar-refractivity contribution >= 4 is 5.97 Å². The smallest absolute Gasteiger partial charge is 0.373 e. The van der Waals surface area contributed by atoms with E-state index in [0.29, 0.717) is 0 Å². The maximum atomic E-state index is 11.9. The molecule has 7 heteroatoms. The van der Waals surface area contributed by atoms with Crippen LogP contribution >= 0.6 is 0 Å². The zero-order valence-corrected chi connectivity index (χ0v) is 8.37. The summed E-state index contributed by atoms with van der Waals surface area (Å²) in [5, 5.41) is 0.981. The highest BCUT2D eigenvalue weighted by atomic mass is 19.4. The van der Waals surface area contributed by atoms with Gasteiger partial charge < -0.3 is 9.57 Å². The largest absolute Gasteiger partial charge is 0.492 e. The minimum Gasteiger partial charge on any atom is -0.373 e. The van der Waals surface area contributed by atoms with Gasteiger partial charge in [0.25, 0.3) is 0 Å². The van der Waals surface area contributed by atoms with Gasteiger partial charge in [-0.2, -0.15) is 13.2 Å². The fraction of sp³-hybridized carbons (Fsp3) is 0.875. The Hall–Kier alpha value is -0.820. The predicted molar refractivity (Wildman–Crippen MR) is 43.7 cm³/mol. The molecule has 2 unspecified atom stereocenters. The van der Waals surface area contributed by atoms with Gasteiger partial charge in [0.05, 0.1) is 25.3 Å². The third kappa shape index (κ3) is 3.67. The topological polar surface area (TPSA) is 38.8 Å². The van der Waals surface area contributed by atoms with E-state index in [1.165, 1.54) is 0 Å². The van der Waals surface area contributed by atoms with Crippen LogP contribution in [0.2, 0.25) is 0 Å². The van der Waals surface area contributed by atoms with E-state index in [1.807, 2.05) is 0 Å². The van der Waals surface area contributed by atoms with Crippen molar-refractivity contribution in [3.63, 3.8) is 0 Å². The number of hydrogen-bond acceptors (Lipinski definition) is 4. The molecule has 0 amide bonds. The summed E-state index contributed by atoms with van der Waals surface area (Å²) in [4.78, 5) is 14.7. The minimum absolute atomic E-state index is 0.145. The lowest BCUT2D eigenvalue weighted by molar-refractivity contribution is -0.258. The van der Waals surface area contributed by atoms with Crippen LogP contribution in [-0.4, -0.2) is 42.5 Å². The van der Waals surface area contributed by atoms with Crippen molar-refractivity contribution in [2.75, 3.05) is 13.1 Å². The molecule has 15 heavy (non-hydrogen) atoms. The number of nitrogens with zero attached hydrogens (tertiary/aromatic N) is 1. The zero-order valence-electron chi connectivity index (χ0n) is 8.37. The number of ether oxygens (including phenoxy) is 1. The Kier molecular flexibility index (Phi) is 3.56. The van der Waals surface area contributed by atoms with Crippen molar-refractivity contribution in [1.82, 2.24) is 5.06 Å². The molecule has 1 saturated heterocycles. The summed E-state index contributed by atoms with van der Waals surface area (Å²) in [5.41, 5.74) is 0. The summed E-state index contributed by atoms with van der Waals surface area (Å²) in [6.45, 7) is 3.69. The molecule has 0 bridgehead atoms. The van der Waals surface area contributed by atoms with Crippen LogP contribution in [0.4, 0.5) is 13.2 Å². The number of alkyl halides is 3. The maximum absolute atomic E-state index is 11.9. The van der Waals surface area contributed by atoms with Gasteiger partial charge in [-0.1, -0.05) is 0 Å². The fourth-order valence-electron chi connectivity index (χ4n) is 1.37.